The Bertz CT molecular complexity index is 954. The van der Waals surface area contributed by atoms with Gasteiger partial charge in [-0.15, -0.1) is 0 Å². The Kier molecular flexibility index (Phi) is 4.48. The molecular formula is C20H15F2NO2. The van der Waals surface area contributed by atoms with Crippen molar-refractivity contribution in [1.82, 2.24) is 0 Å². The van der Waals surface area contributed by atoms with Crippen LogP contribution in [0.1, 0.15) is 6.92 Å². The van der Waals surface area contributed by atoms with E-state index in [0.29, 0.717) is 22.3 Å². The summed E-state index contributed by atoms with van der Waals surface area (Å²) in [5.41, 5.74) is 1.90. The lowest BCUT2D eigenvalue weighted by atomic mass is 9.97. The second-order valence-corrected chi connectivity index (χ2v) is 5.59. The van der Waals surface area contributed by atoms with Crippen molar-refractivity contribution in [1.29, 1.82) is 0 Å². The van der Waals surface area contributed by atoms with Crippen LogP contribution in [-0.4, -0.2) is 11.0 Å². The zero-order valence-electron chi connectivity index (χ0n) is 13.4. The Labute approximate surface area is 143 Å². The number of para-hydroxylation sites is 1. The van der Waals surface area contributed by atoms with Crippen LogP contribution in [0.15, 0.2) is 60.7 Å². The third-order valence-corrected chi connectivity index (χ3v) is 3.76. The van der Waals surface area contributed by atoms with Gasteiger partial charge in [0.25, 0.3) is 0 Å². The van der Waals surface area contributed by atoms with E-state index in [1.54, 1.807) is 36.4 Å². The van der Waals surface area contributed by atoms with Crippen LogP contribution < -0.4 is 5.32 Å². The number of hydrogen-bond donors (Lipinski definition) is 2. The molecule has 0 aliphatic rings. The van der Waals surface area contributed by atoms with E-state index in [1.807, 2.05) is 0 Å². The Morgan fingerprint density at radius 1 is 0.920 bits per heavy atom. The summed E-state index contributed by atoms with van der Waals surface area (Å²) in [6.07, 6.45) is 0. The monoisotopic (exact) mass is 339 g/mol. The number of phenolic OH excluding ortho intramolecular Hbond substituents is 1. The average Bonchev–Trinajstić information content (AvgIpc) is 2.56. The van der Waals surface area contributed by atoms with E-state index in [0.717, 1.165) is 0 Å². The molecule has 0 saturated carbocycles. The van der Waals surface area contributed by atoms with E-state index >= 15 is 0 Å². The number of aromatic hydroxyl groups is 1. The fourth-order valence-electron chi connectivity index (χ4n) is 2.64. The van der Waals surface area contributed by atoms with Crippen LogP contribution in [0.3, 0.4) is 0 Å². The first-order valence-corrected chi connectivity index (χ1v) is 7.61. The summed E-state index contributed by atoms with van der Waals surface area (Å²) in [7, 11) is 0. The molecule has 0 unspecified atom stereocenters. The summed E-state index contributed by atoms with van der Waals surface area (Å²) in [5.74, 6) is -1.46. The first-order chi connectivity index (χ1) is 12.0. The highest BCUT2D eigenvalue weighted by Gasteiger charge is 2.13. The quantitative estimate of drug-likeness (QED) is 0.708. The van der Waals surface area contributed by atoms with Gasteiger partial charge in [-0.2, -0.15) is 0 Å². The van der Waals surface area contributed by atoms with Crippen molar-refractivity contribution in [2.45, 2.75) is 6.92 Å². The molecule has 126 valence electrons. The number of carbonyl (C=O) groups excluding carboxylic acids is 1. The molecular weight excluding hydrogens is 324 g/mol. The molecule has 0 aromatic heterocycles. The first kappa shape index (κ1) is 16.6. The van der Waals surface area contributed by atoms with Crippen molar-refractivity contribution in [2.75, 3.05) is 5.32 Å². The Balaban J connectivity index is 2.05. The third kappa shape index (κ3) is 3.50. The van der Waals surface area contributed by atoms with E-state index in [1.165, 1.54) is 31.2 Å². The largest absolute Gasteiger partial charge is 0.507 e. The van der Waals surface area contributed by atoms with Crippen LogP contribution in [0.2, 0.25) is 0 Å². The molecule has 0 aliphatic heterocycles. The van der Waals surface area contributed by atoms with Crippen molar-refractivity contribution in [3.8, 4) is 28.0 Å². The highest BCUT2D eigenvalue weighted by Crippen LogP contribution is 2.38. The Morgan fingerprint density at radius 3 is 2.16 bits per heavy atom. The number of halogens is 2. The number of hydrogen-bond acceptors (Lipinski definition) is 2. The summed E-state index contributed by atoms with van der Waals surface area (Å²) in [5, 5.41) is 13.0. The first-order valence-electron chi connectivity index (χ1n) is 7.61. The molecule has 3 nitrogen and oxygen atoms in total. The molecule has 0 atom stereocenters. The van der Waals surface area contributed by atoms with Crippen LogP contribution >= 0.6 is 0 Å². The van der Waals surface area contributed by atoms with Gasteiger partial charge in [-0.25, -0.2) is 8.78 Å². The number of nitrogens with one attached hydrogen (secondary N) is 1. The van der Waals surface area contributed by atoms with Crippen molar-refractivity contribution in [3.05, 3.63) is 72.3 Å². The van der Waals surface area contributed by atoms with Gasteiger partial charge < -0.3 is 10.4 Å². The molecule has 0 saturated heterocycles. The number of carbonyl (C=O) groups is 1. The van der Waals surface area contributed by atoms with Gasteiger partial charge in [-0.1, -0.05) is 36.4 Å². The van der Waals surface area contributed by atoms with Gasteiger partial charge in [0.1, 0.15) is 17.4 Å². The summed E-state index contributed by atoms with van der Waals surface area (Å²) in [6.45, 7) is 1.29. The van der Waals surface area contributed by atoms with Crippen LogP contribution in [0.25, 0.3) is 22.3 Å². The molecule has 1 amide bonds. The summed E-state index contributed by atoms with van der Waals surface area (Å²) >= 11 is 0. The standard InChI is InChI=1S/C20H15F2NO2/c1-12(24)23-19-9-8-14(11-18(19)22)17-7-3-6-16(20(17)25)13-4-2-5-15(21)10-13/h2-11,25H,1H3,(H,23,24). The van der Waals surface area contributed by atoms with Crippen LogP contribution in [0.5, 0.6) is 5.75 Å². The fraction of sp³-hybridized carbons (Fsp3) is 0.0500. The van der Waals surface area contributed by atoms with Crippen molar-refractivity contribution >= 4 is 11.6 Å². The topological polar surface area (TPSA) is 49.3 Å². The number of amides is 1. The van der Waals surface area contributed by atoms with E-state index in [4.69, 9.17) is 0 Å². The van der Waals surface area contributed by atoms with Gasteiger partial charge in [0.2, 0.25) is 5.91 Å². The van der Waals surface area contributed by atoms with E-state index in [2.05, 4.69) is 5.32 Å². The lowest BCUT2D eigenvalue weighted by molar-refractivity contribution is -0.114. The molecule has 5 heteroatoms. The van der Waals surface area contributed by atoms with Gasteiger partial charge in [0.15, 0.2) is 0 Å². The predicted molar refractivity (Wildman–Crippen MR) is 93.2 cm³/mol. The van der Waals surface area contributed by atoms with E-state index in [9.17, 15) is 18.7 Å². The fourth-order valence-corrected chi connectivity index (χ4v) is 2.64. The highest BCUT2D eigenvalue weighted by molar-refractivity contribution is 5.89. The summed E-state index contributed by atoms with van der Waals surface area (Å²) < 4.78 is 27.6. The van der Waals surface area contributed by atoms with Crippen molar-refractivity contribution in [2.24, 2.45) is 0 Å². The zero-order valence-corrected chi connectivity index (χ0v) is 13.4. The van der Waals surface area contributed by atoms with Gasteiger partial charge in [-0.05, 0) is 35.4 Å². The second-order valence-electron chi connectivity index (χ2n) is 5.59. The molecule has 0 fully saturated rings. The van der Waals surface area contributed by atoms with Crippen LogP contribution in [0, 0.1) is 11.6 Å². The molecule has 3 aromatic carbocycles. The second kappa shape index (κ2) is 6.73. The molecule has 0 bridgehead atoms. The maximum absolute atomic E-state index is 14.2. The Morgan fingerprint density at radius 2 is 1.56 bits per heavy atom. The van der Waals surface area contributed by atoms with Gasteiger partial charge in [-0.3, -0.25) is 4.79 Å². The SMILES string of the molecule is CC(=O)Nc1ccc(-c2cccc(-c3cccc(F)c3)c2O)cc1F. The number of benzene rings is 3. The van der Waals surface area contributed by atoms with Crippen molar-refractivity contribution in [3.63, 3.8) is 0 Å². The average molecular weight is 339 g/mol. The predicted octanol–water partition coefficient (Wildman–Crippen LogP) is 4.96. The van der Waals surface area contributed by atoms with Crippen LogP contribution in [-0.2, 0) is 4.79 Å². The van der Waals surface area contributed by atoms with Gasteiger partial charge in [0.05, 0.1) is 5.69 Å². The van der Waals surface area contributed by atoms with Crippen molar-refractivity contribution < 1.29 is 18.7 Å². The molecule has 25 heavy (non-hydrogen) atoms. The smallest absolute Gasteiger partial charge is 0.221 e. The highest BCUT2D eigenvalue weighted by atomic mass is 19.1. The lowest BCUT2D eigenvalue weighted by Gasteiger charge is -2.12. The minimum Gasteiger partial charge on any atom is -0.507 e. The molecule has 0 spiro atoms. The normalized spacial score (nSPS) is 10.5. The molecule has 2 N–H and O–H groups in total. The van der Waals surface area contributed by atoms with E-state index < -0.39 is 11.6 Å². The minimum absolute atomic E-state index is 0.0667. The molecule has 0 heterocycles. The van der Waals surface area contributed by atoms with E-state index in [-0.39, 0.29) is 17.3 Å². The molecule has 3 rings (SSSR count). The maximum atomic E-state index is 14.2. The van der Waals surface area contributed by atoms with Gasteiger partial charge in [0, 0.05) is 18.1 Å². The molecule has 0 aliphatic carbocycles. The number of rotatable bonds is 3. The summed E-state index contributed by atoms with van der Waals surface area (Å²) in [4.78, 5) is 11.1. The Hall–Kier alpha value is -3.21. The zero-order chi connectivity index (χ0) is 18.0. The number of anilines is 1. The number of phenols is 1. The van der Waals surface area contributed by atoms with Gasteiger partial charge >= 0.3 is 0 Å². The van der Waals surface area contributed by atoms with Crippen LogP contribution in [0.4, 0.5) is 14.5 Å². The molecule has 0 radical (unpaired) electrons. The molecule has 3 aromatic rings. The maximum Gasteiger partial charge on any atom is 0.221 e. The third-order valence-electron chi connectivity index (χ3n) is 3.76. The summed E-state index contributed by atoms with van der Waals surface area (Å²) in [6, 6.07) is 15.1. The lowest BCUT2D eigenvalue weighted by Crippen LogP contribution is -2.07. The minimum atomic E-state index is -0.608.